The monoisotopic (exact) mass is 300 g/mol. The summed E-state index contributed by atoms with van der Waals surface area (Å²) in [6.45, 7) is 15.3. The summed E-state index contributed by atoms with van der Waals surface area (Å²) in [6.07, 6.45) is 1.58. The Kier molecular flexibility index (Phi) is 10.2. The van der Waals surface area contributed by atoms with Crippen molar-refractivity contribution in [2.24, 2.45) is 10.8 Å². The molecule has 0 saturated heterocycles. The van der Waals surface area contributed by atoms with Gasteiger partial charge in [0.25, 0.3) is 0 Å². The molecular formula is C17H32O4. The lowest BCUT2D eigenvalue weighted by Crippen LogP contribution is -2.23. The highest BCUT2D eigenvalue weighted by Gasteiger charge is 2.23. The lowest BCUT2D eigenvalue weighted by Gasteiger charge is -2.15. The lowest BCUT2D eigenvalue weighted by molar-refractivity contribution is -0.147. The molecule has 4 heteroatoms. The molecule has 0 aromatic carbocycles. The molecule has 0 bridgehead atoms. The average Bonchev–Trinajstić information content (AvgIpc) is 2.27. The minimum absolute atomic E-state index is 0.0825. The van der Waals surface area contributed by atoms with Crippen LogP contribution in [0.5, 0.6) is 0 Å². The van der Waals surface area contributed by atoms with E-state index in [-0.39, 0.29) is 17.6 Å². The molecule has 0 amide bonds. The van der Waals surface area contributed by atoms with Crippen LogP contribution in [0.25, 0.3) is 0 Å². The minimum Gasteiger partial charge on any atom is -0.466 e. The van der Waals surface area contributed by atoms with Crippen LogP contribution in [-0.2, 0) is 19.1 Å². The third-order valence-corrected chi connectivity index (χ3v) is 2.76. The van der Waals surface area contributed by atoms with Crippen LogP contribution in [0.4, 0.5) is 0 Å². The van der Waals surface area contributed by atoms with Crippen molar-refractivity contribution in [3.63, 3.8) is 0 Å². The van der Waals surface area contributed by atoms with E-state index in [9.17, 15) is 14.4 Å². The third-order valence-electron chi connectivity index (χ3n) is 2.76. The van der Waals surface area contributed by atoms with Gasteiger partial charge in [-0.2, -0.15) is 0 Å². The van der Waals surface area contributed by atoms with Gasteiger partial charge >= 0.3 is 5.97 Å². The van der Waals surface area contributed by atoms with Crippen LogP contribution in [-0.4, -0.2) is 24.1 Å². The molecule has 0 heterocycles. The van der Waals surface area contributed by atoms with E-state index in [4.69, 9.17) is 0 Å². The van der Waals surface area contributed by atoms with Gasteiger partial charge in [-0.1, -0.05) is 48.5 Å². The lowest BCUT2D eigenvalue weighted by atomic mass is 9.88. The van der Waals surface area contributed by atoms with Gasteiger partial charge in [0, 0.05) is 17.3 Å². The predicted octanol–water partition coefficient (Wildman–Crippen LogP) is 3.96. The number of ether oxygens (including phenoxy) is 1. The topological polar surface area (TPSA) is 60.4 Å². The Morgan fingerprint density at radius 2 is 1.24 bits per heavy atom. The molecule has 124 valence electrons. The van der Waals surface area contributed by atoms with Crippen molar-refractivity contribution in [1.29, 1.82) is 0 Å². The second kappa shape index (κ2) is 9.69. The molecule has 0 fully saturated rings. The van der Waals surface area contributed by atoms with Crippen LogP contribution in [0.3, 0.4) is 0 Å². The Hall–Kier alpha value is -1.19. The van der Waals surface area contributed by atoms with E-state index in [0.29, 0.717) is 12.4 Å². The number of rotatable bonds is 5. The summed E-state index contributed by atoms with van der Waals surface area (Å²) in [5, 5.41) is 0. The minimum atomic E-state index is -0.452. The summed E-state index contributed by atoms with van der Waals surface area (Å²) in [6, 6.07) is 0. The third kappa shape index (κ3) is 12.3. The van der Waals surface area contributed by atoms with E-state index in [2.05, 4.69) is 4.74 Å². The van der Waals surface area contributed by atoms with Gasteiger partial charge < -0.3 is 4.74 Å². The molecule has 0 radical (unpaired) electrons. The predicted molar refractivity (Wildman–Crippen MR) is 85.1 cm³/mol. The second-order valence-electron chi connectivity index (χ2n) is 7.08. The molecule has 0 aliphatic heterocycles. The quantitative estimate of drug-likeness (QED) is 0.569. The summed E-state index contributed by atoms with van der Waals surface area (Å²) in [5.74, 6) is -0.150. The van der Waals surface area contributed by atoms with E-state index in [1.54, 1.807) is 27.7 Å². The second-order valence-corrected chi connectivity index (χ2v) is 7.08. The highest BCUT2D eigenvalue weighted by molar-refractivity contribution is 5.98. The highest BCUT2D eigenvalue weighted by Crippen LogP contribution is 2.17. The van der Waals surface area contributed by atoms with Gasteiger partial charge in [0.2, 0.25) is 0 Å². The maximum absolute atomic E-state index is 11.2. The molecular weight excluding hydrogens is 268 g/mol. The fourth-order valence-corrected chi connectivity index (χ4v) is 1.21. The summed E-state index contributed by atoms with van der Waals surface area (Å²) < 4.78 is 4.65. The van der Waals surface area contributed by atoms with Gasteiger partial charge in [0.1, 0.15) is 18.0 Å². The zero-order chi connectivity index (χ0) is 17.3. The van der Waals surface area contributed by atoms with Gasteiger partial charge in [0.15, 0.2) is 0 Å². The first-order valence-corrected chi connectivity index (χ1v) is 7.58. The molecule has 0 aliphatic carbocycles. The number of hydrogen-bond donors (Lipinski definition) is 0. The first-order valence-electron chi connectivity index (χ1n) is 7.58. The molecule has 0 aromatic heterocycles. The molecule has 0 rings (SSSR count). The van der Waals surface area contributed by atoms with Crippen molar-refractivity contribution in [2.75, 3.05) is 6.61 Å². The van der Waals surface area contributed by atoms with Crippen LogP contribution in [0.15, 0.2) is 0 Å². The van der Waals surface area contributed by atoms with Crippen LogP contribution in [0.1, 0.15) is 74.7 Å². The van der Waals surface area contributed by atoms with Crippen molar-refractivity contribution in [2.45, 2.75) is 74.7 Å². The van der Waals surface area contributed by atoms with Crippen LogP contribution >= 0.6 is 0 Å². The Bertz CT molecular complexity index is 343. The number of esters is 1. The van der Waals surface area contributed by atoms with Gasteiger partial charge in [0.05, 0.1) is 6.61 Å². The maximum Gasteiger partial charge on any atom is 0.313 e. The number of ketones is 2. The van der Waals surface area contributed by atoms with E-state index >= 15 is 0 Å². The molecule has 4 nitrogen and oxygen atoms in total. The normalized spacial score (nSPS) is 11.2. The van der Waals surface area contributed by atoms with Gasteiger partial charge in [-0.3, -0.25) is 14.4 Å². The van der Waals surface area contributed by atoms with E-state index < -0.39 is 11.4 Å². The Morgan fingerprint density at radius 3 is 1.48 bits per heavy atom. The standard InChI is InChI=1S/C9H16O3.C8H16O/c1-5-12-8(11)6-7(10)9(2,3)4;1-5-6-7(9)8(2,3)4/h5-6H2,1-4H3;5-6H2,1-4H3. The first kappa shape index (κ1) is 22.1. The summed E-state index contributed by atoms with van der Waals surface area (Å²) in [5.41, 5.74) is -0.581. The molecule has 0 aromatic rings. The Balaban J connectivity index is 0. The molecule has 21 heavy (non-hydrogen) atoms. The van der Waals surface area contributed by atoms with Crippen LogP contribution in [0, 0.1) is 10.8 Å². The number of hydrogen-bond acceptors (Lipinski definition) is 4. The Morgan fingerprint density at radius 1 is 0.810 bits per heavy atom. The van der Waals surface area contributed by atoms with Gasteiger partial charge in [-0.15, -0.1) is 0 Å². The zero-order valence-corrected chi connectivity index (χ0v) is 15.0. The highest BCUT2D eigenvalue weighted by atomic mass is 16.5. The number of carbonyl (C=O) groups excluding carboxylic acids is 3. The number of carbonyl (C=O) groups is 3. The summed E-state index contributed by atoms with van der Waals surface area (Å²) >= 11 is 0. The van der Waals surface area contributed by atoms with Crippen LogP contribution in [0.2, 0.25) is 0 Å². The van der Waals surface area contributed by atoms with E-state index in [1.807, 2.05) is 27.7 Å². The Labute approximate surface area is 129 Å². The van der Waals surface area contributed by atoms with Crippen molar-refractivity contribution in [3.8, 4) is 0 Å². The summed E-state index contributed by atoms with van der Waals surface area (Å²) in [7, 11) is 0. The van der Waals surface area contributed by atoms with Crippen molar-refractivity contribution in [3.05, 3.63) is 0 Å². The van der Waals surface area contributed by atoms with Crippen molar-refractivity contribution in [1.82, 2.24) is 0 Å². The molecule has 0 atom stereocenters. The van der Waals surface area contributed by atoms with E-state index in [0.717, 1.165) is 12.8 Å². The van der Waals surface area contributed by atoms with Gasteiger partial charge in [-0.25, -0.2) is 0 Å². The van der Waals surface area contributed by atoms with Crippen molar-refractivity contribution >= 4 is 17.5 Å². The SMILES string of the molecule is CCCC(=O)C(C)(C)C.CCOC(=O)CC(=O)C(C)(C)C. The molecule has 0 aliphatic rings. The largest absolute Gasteiger partial charge is 0.466 e. The van der Waals surface area contributed by atoms with E-state index in [1.165, 1.54) is 0 Å². The maximum atomic E-state index is 11.2. The smallest absolute Gasteiger partial charge is 0.313 e. The van der Waals surface area contributed by atoms with Gasteiger partial charge in [-0.05, 0) is 13.3 Å². The first-order chi connectivity index (χ1) is 9.36. The molecule has 0 unspecified atom stereocenters. The van der Waals surface area contributed by atoms with Crippen LogP contribution < -0.4 is 0 Å². The van der Waals surface area contributed by atoms with Crippen molar-refractivity contribution < 1.29 is 19.1 Å². The fourth-order valence-electron chi connectivity index (χ4n) is 1.21. The fraction of sp³-hybridized carbons (Fsp3) is 0.824. The zero-order valence-electron chi connectivity index (χ0n) is 15.0. The molecule has 0 spiro atoms. The number of Topliss-reactive ketones (excluding diaryl/α,β-unsaturated/α-hetero) is 2. The summed E-state index contributed by atoms with van der Waals surface area (Å²) in [4.78, 5) is 33.2. The molecule has 0 saturated carbocycles. The molecule has 0 N–H and O–H groups in total. The average molecular weight is 300 g/mol.